The highest BCUT2D eigenvalue weighted by atomic mass is 32.2. The van der Waals surface area contributed by atoms with Crippen LogP contribution in [-0.2, 0) is 10.0 Å². The summed E-state index contributed by atoms with van der Waals surface area (Å²) in [5.41, 5.74) is 0.742. The van der Waals surface area contributed by atoms with Crippen molar-refractivity contribution in [3.63, 3.8) is 0 Å². The number of nitrogens with one attached hydrogen (secondary N) is 2. The highest BCUT2D eigenvalue weighted by Crippen LogP contribution is 2.59. The molecule has 2 aromatic rings. The average molecular weight is 334 g/mol. The van der Waals surface area contributed by atoms with Gasteiger partial charge in [-0.1, -0.05) is 44.2 Å². The molecule has 0 unspecified atom stereocenters. The van der Waals surface area contributed by atoms with Crippen molar-refractivity contribution in [1.29, 1.82) is 0 Å². The van der Waals surface area contributed by atoms with Gasteiger partial charge in [0.2, 0.25) is 10.0 Å². The van der Waals surface area contributed by atoms with Gasteiger partial charge in [0.15, 0.2) is 0 Å². The Morgan fingerprint density at radius 3 is 2.48 bits per heavy atom. The van der Waals surface area contributed by atoms with Crippen LogP contribution in [0.15, 0.2) is 47.5 Å². The Morgan fingerprint density at radius 1 is 1.26 bits per heavy atom. The first-order chi connectivity index (χ1) is 10.7. The van der Waals surface area contributed by atoms with Gasteiger partial charge in [-0.15, -0.1) is 0 Å². The minimum Gasteiger partial charge on any atom is -0.477 e. The molecular weight excluding hydrogens is 316 g/mol. The molecule has 3 rings (SSSR count). The summed E-state index contributed by atoms with van der Waals surface area (Å²) >= 11 is 0. The van der Waals surface area contributed by atoms with Gasteiger partial charge in [-0.2, -0.15) is 0 Å². The van der Waals surface area contributed by atoms with Crippen molar-refractivity contribution in [2.45, 2.75) is 30.7 Å². The van der Waals surface area contributed by atoms with Crippen LogP contribution < -0.4 is 4.72 Å². The van der Waals surface area contributed by atoms with E-state index in [2.05, 4.69) is 9.71 Å². The third-order valence-electron chi connectivity index (χ3n) is 4.47. The van der Waals surface area contributed by atoms with Crippen LogP contribution in [0.1, 0.15) is 35.8 Å². The highest BCUT2D eigenvalue weighted by molar-refractivity contribution is 7.89. The molecule has 1 heterocycles. The molecule has 1 saturated carbocycles. The fourth-order valence-corrected chi connectivity index (χ4v) is 4.43. The number of carboxylic acids is 1. The summed E-state index contributed by atoms with van der Waals surface area (Å²) in [5, 5.41) is 8.89. The molecule has 0 spiro atoms. The van der Waals surface area contributed by atoms with E-state index in [1.54, 1.807) is 0 Å². The minimum absolute atomic E-state index is 0.0654. The van der Waals surface area contributed by atoms with Crippen molar-refractivity contribution < 1.29 is 18.3 Å². The van der Waals surface area contributed by atoms with Crippen LogP contribution in [0.5, 0.6) is 0 Å². The van der Waals surface area contributed by atoms with Gasteiger partial charge in [-0.05, 0) is 17.0 Å². The van der Waals surface area contributed by atoms with Gasteiger partial charge in [0.25, 0.3) is 0 Å². The zero-order valence-corrected chi connectivity index (χ0v) is 13.6. The maximum absolute atomic E-state index is 12.5. The Morgan fingerprint density at radius 2 is 1.91 bits per heavy atom. The topological polar surface area (TPSA) is 99.3 Å². The Balaban J connectivity index is 1.82. The summed E-state index contributed by atoms with van der Waals surface area (Å²) in [6.45, 7) is 4.02. The molecule has 1 fully saturated rings. The largest absolute Gasteiger partial charge is 0.477 e. The van der Waals surface area contributed by atoms with Crippen molar-refractivity contribution in [3.05, 3.63) is 53.9 Å². The van der Waals surface area contributed by atoms with Crippen LogP contribution in [0.3, 0.4) is 0 Å². The Hall–Kier alpha value is -2.12. The maximum atomic E-state index is 12.5. The number of sulfonamides is 1. The normalized spacial score (nSPS) is 22.7. The molecule has 1 aliphatic rings. The number of aromatic carboxylic acids is 1. The van der Waals surface area contributed by atoms with Crippen molar-refractivity contribution in [2.75, 3.05) is 0 Å². The van der Waals surface area contributed by atoms with E-state index in [9.17, 15) is 13.2 Å². The number of H-pyrrole nitrogens is 1. The molecule has 7 heteroatoms. The lowest BCUT2D eigenvalue weighted by atomic mass is 10.0. The van der Waals surface area contributed by atoms with E-state index in [0.29, 0.717) is 0 Å². The number of rotatable bonds is 5. The van der Waals surface area contributed by atoms with Crippen LogP contribution >= 0.6 is 0 Å². The average Bonchev–Trinajstić information content (AvgIpc) is 2.88. The fraction of sp³-hybridized carbons (Fsp3) is 0.312. The van der Waals surface area contributed by atoms with Gasteiger partial charge in [0, 0.05) is 18.2 Å². The summed E-state index contributed by atoms with van der Waals surface area (Å²) in [5.74, 6) is -1.10. The molecule has 0 aliphatic heterocycles. The number of hydrogen-bond acceptors (Lipinski definition) is 3. The van der Waals surface area contributed by atoms with Gasteiger partial charge in [-0.25, -0.2) is 17.9 Å². The van der Waals surface area contributed by atoms with Crippen LogP contribution in [0, 0.1) is 5.41 Å². The Kier molecular flexibility index (Phi) is 3.57. The van der Waals surface area contributed by atoms with E-state index in [4.69, 9.17) is 5.11 Å². The van der Waals surface area contributed by atoms with Gasteiger partial charge < -0.3 is 10.1 Å². The number of aromatic amines is 1. The molecule has 3 N–H and O–H groups in total. The minimum atomic E-state index is -3.77. The molecule has 1 aromatic heterocycles. The Labute approximate surface area is 134 Å². The van der Waals surface area contributed by atoms with Crippen molar-refractivity contribution in [3.8, 4) is 0 Å². The molecule has 0 saturated heterocycles. The van der Waals surface area contributed by atoms with E-state index in [1.165, 1.54) is 6.20 Å². The summed E-state index contributed by atoms with van der Waals surface area (Å²) < 4.78 is 27.6. The highest BCUT2D eigenvalue weighted by Gasteiger charge is 2.59. The predicted octanol–water partition coefficient (Wildman–Crippen LogP) is 2.18. The summed E-state index contributed by atoms with van der Waals surface area (Å²) in [4.78, 5) is 13.3. The molecule has 0 bridgehead atoms. The van der Waals surface area contributed by atoms with E-state index in [1.807, 2.05) is 44.2 Å². The van der Waals surface area contributed by atoms with Crippen LogP contribution in [0.2, 0.25) is 0 Å². The number of carboxylic acid groups (broad SMARTS) is 1. The molecule has 2 atom stereocenters. The standard InChI is InChI=1S/C16H18N2O4S/c1-16(2)13(10-6-4-3-5-7-10)14(16)18-23(21,22)11-8-12(15(19)20)17-9-11/h3-9,13-14,17-18H,1-2H3,(H,19,20)/t13-,14-/m0/s1. The smallest absolute Gasteiger partial charge is 0.352 e. The second-order valence-corrected chi connectivity index (χ2v) is 8.08. The van der Waals surface area contributed by atoms with Crippen molar-refractivity contribution in [1.82, 2.24) is 9.71 Å². The first-order valence-corrected chi connectivity index (χ1v) is 8.71. The summed E-state index contributed by atoms with van der Waals surface area (Å²) in [6, 6.07) is 10.7. The first-order valence-electron chi connectivity index (χ1n) is 7.22. The molecule has 1 aliphatic carbocycles. The summed E-state index contributed by atoms with van der Waals surface area (Å²) in [7, 11) is -3.77. The van der Waals surface area contributed by atoms with Gasteiger partial charge in [0.05, 0.1) is 0 Å². The molecule has 6 nitrogen and oxygen atoms in total. The lowest BCUT2D eigenvalue weighted by molar-refractivity contribution is 0.0691. The summed E-state index contributed by atoms with van der Waals surface area (Å²) in [6.07, 6.45) is 1.19. The monoisotopic (exact) mass is 334 g/mol. The molecule has 0 radical (unpaired) electrons. The predicted molar refractivity (Wildman–Crippen MR) is 84.8 cm³/mol. The van der Waals surface area contributed by atoms with E-state index >= 15 is 0 Å². The van der Waals surface area contributed by atoms with Gasteiger partial charge in [0.1, 0.15) is 10.6 Å². The van der Waals surface area contributed by atoms with Gasteiger partial charge in [-0.3, -0.25) is 0 Å². The maximum Gasteiger partial charge on any atom is 0.352 e. The quantitative estimate of drug-likeness (QED) is 0.780. The van der Waals surface area contributed by atoms with E-state index < -0.39 is 16.0 Å². The molecule has 1 aromatic carbocycles. The lowest BCUT2D eigenvalue weighted by Gasteiger charge is -2.05. The second kappa shape index (κ2) is 5.21. The van der Waals surface area contributed by atoms with Crippen LogP contribution in [-0.4, -0.2) is 30.5 Å². The Bertz CT molecular complexity index is 840. The number of hydrogen-bond donors (Lipinski definition) is 3. The van der Waals surface area contributed by atoms with Crippen LogP contribution in [0.4, 0.5) is 0 Å². The second-order valence-electron chi connectivity index (χ2n) is 6.36. The van der Waals surface area contributed by atoms with E-state index in [0.717, 1.165) is 11.6 Å². The lowest BCUT2D eigenvalue weighted by Crippen LogP contribution is -2.28. The molecule has 23 heavy (non-hydrogen) atoms. The molecule has 0 amide bonds. The van der Waals surface area contributed by atoms with Gasteiger partial charge >= 0.3 is 5.97 Å². The van der Waals surface area contributed by atoms with Crippen molar-refractivity contribution >= 4 is 16.0 Å². The number of aromatic nitrogens is 1. The zero-order chi connectivity index (χ0) is 16.8. The molecule has 122 valence electrons. The van der Waals surface area contributed by atoms with Crippen LogP contribution in [0.25, 0.3) is 0 Å². The fourth-order valence-electron chi connectivity index (χ4n) is 3.03. The first kappa shape index (κ1) is 15.8. The third-order valence-corrected chi connectivity index (χ3v) is 5.89. The van der Waals surface area contributed by atoms with Crippen molar-refractivity contribution in [2.24, 2.45) is 5.41 Å². The SMILES string of the molecule is CC1(C)[C@@H](NS(=O)(=O)c2c[nH]c(C(=O)O)c2)[C@@H]1c1ccccc1. The number of carbonyl (C=O) groups is 1. The number of benzene rings is 1. The third kappa shape index (κ3) is 2.77. The van der Waals surface area contributed by atoms with E-state index in [-0.39, 0.29) is 28.0 Å². The zero-order valence-electron chi connectivity index (χ0n) is 12.8. The molecular formula is C16H18N2O4S.